The van der Waals surface area contributed by atoms with Crippen LogP contribution in [0.2, 0.25) is 0 Å². The number of nitrogens with one attached hydrogen (secondary N) is 1. The number of nitrogens with zero attached hydrogens (tertiary/aromatic N) is 1. The number of rotatable bonds is 3. The zero-order valence-electron chi connectivity index (χ0n) is 12.0. The lowest BCUT2D eigenvalue weighted by molar-refractivity contribution is 0.515. The Morgan fingerprint density at radius 1 is 1.05 bits per heavy atom. The van der Waals surface area contributed by atoms with Crippen LogP contribution in [-0.4, -0.2) is 4.98 Å². The first-order valence-electron chi connectivity index (χ1n) is 6.84. The van der Waals surface area contributed by atoms with E-state index in [-0.39, 0.29) is 11.6 Å². The van der Waals surface area contributed by atoms with Crippen molar-refractivity contribution in [3.05, 3.63) is 69.6 Å². The quantitative estimate of drug-likeness (QED) is 0.798. The third-order valence-corrected chi connectivity index (χ3v) is 3.48. The number of benzene rings is 2. The van der Waals surface area contributed by atoms with E-state index in [2.05, 4.69) is 10.3 Å². The molecule has 0 aliphatic carbocycles. The molecule has 0 saturated heterocycles. The average Bonchev–Trinajstić information content (AvgIpc) is 2.50. The van der Waals surface area contributed by atoms with Crippen LogP contribution in [-0.2, 0) is 6.54 Å². The van der Waals surface area contributed by atoms with E-state index in [1.165, 1.54) is 0 Å². The molecule has 0 radical (unpaired) electrons. The van der Waals surface area contributed by atoms with Crippen molar-refractivity contribution in [2.75, 3.05) is 5.32 Å². The Balaban J connectivity index is 1.97. The molecule has 4 heteroatoms. The highest BCUT2D eigenvalue weighted by molar-refractivity contribution is 5.84. The van der Waals surface area contributed by atoms with Crippen LogP contribution in [0.5, 0.6) is 0 Å². The normalized spacial score (nSPS) is 10.8. The Morgan fingerprint density at radius 2 is 1.76 bits per heavy atom. The van der Waals surface area contributed by atoms with Gasteiger partial charge in [-0.25, -0.2) is 4.79 Å². The summed E-state index contributed by atoms with van der Waals surface area (Å²) in [6.45, 7) is 4.39. The molecule has 1 heterocycles. The van der Waals surface area contributed by atoms with Gasteiger partial charge >= 0.3 is 5.63 Å². The minimum Gasteiger partial charge on any atom is -0.389 e. The van der Waals surface area contributed by atoms with E-state index in [1.54, 1.807) is 0 Å². The van der Waals surface area contributed by atoms with Crippen LogP contribution in [0, 0.1) is 13.8 Å². The molecule has 3 rings (SSSR count). The van der Waals surface area contributed by atoms with Gasteiger partial charge in [-0.1, -0.05) is 42.5 Å². The molecule has 2 aromatic carbocycles. The first-order chi connectivity index (χ1) is 10.1. The van der Waals surface area contributed by atoms with Crippen LogP contribution in [0.15, 0.2) is 51.7 Å². The van der Waals surface area contributed by atoms with Crippen LogP contribution >= 0.6 is 0 Å². The van der Waals surface area contributed by atoms with Crippen molar-refractivity contribution in [2.45, 2.75) is 20.4 Å². The van der Waals surface area contributed by atoms with Gasteiger partial charge in [-0.05, 0) is 30.5 Å². The number of aromatic nitrogens is 1. The van der Waals surface area contributed by atoms with Gasteiger partial charge in [0.2, 0.25) is 0 Å². The van der Waals surface area contributed by atoms with Gasteiger partial charge in [0.05, 0.1) is 10.9 Å². The maximum atomic E-state index is 12.1. The van der Waals surface area contributed by atoms with Crippen LogP contribution < -0.4 is 10.9 Å². The fourth-order valence-electron chi connectivity index (χ4n) is 2.31. The van der Waals surface area contributed by atoms with Gasteiger partial charge < -0.3 is 9.73 Å². The minimum atomic E-state index is -0.350. The second-order valence-electron chi connectivity index (χ2n) is 5.07. The highest BCUT2D eigenvalue weighted by atomic mass is 16.4. The molecule has 0 spiro atoms. The SMILES string of the molecule is Cc1ccc(C)c2c(=O)oc(NCc3ccccc3)nc12. The van der Waals surface area contributed by atoms with Gasteiger partial charge in [0.15, 0.2) is 0 Å². The van der Waals surface area contributed by atoms with E-state index in [9.17, 15) is 4.79 Å². The molecule has 0 atom stereocenters. The van der Waals surface area contributed by atoms with Crippen LogP contribution in [0.4, 0.5) is 6.01 Å². The van der Waals surface area contributed by atoms with Crippen molar-refractivity contribution in [3.8, 4) is 0 Å². The van der Waals surface area contributed by atoms with Crippen molar-refractivity contribution in [3.63, 3.8) is 0 Å². The summed E-state index contributed by atoms with van der Waals surface area (Å²) in [5, 5.41) is 3.62. The zero-order valence-corrected chi connectivity index (χ0v) is 12.0. The number of hydrogen-bond donors (Lipinski definition) is 1. The second kappa shape index (κ2) is 5.40. The van der Waals surface area contributed by atoms with E-state index in [0.717, 1.165) is 16.7 Å². The van der Waals surface area contributed by atoms with E-state index >= 15 is 0 Å². The lowest BCUT2D eigenvalue weighted by Crippen LogP contribution is -2.09. The maximum absolute atomic E-state index is 12.1. The molecule has 0 unspecified atom stereocenters. The third-order valence-electron chi connectivity index (χ3n) is 3.48. The molecule has 3 aromatic rings. The highest BCUT2D eigenvalue weighted by Gasteiger charge is 2.10. The summed E-state index contributed by atoms with van der Waals surface area (Å²) in [6, 6.07) is 14.0. The summed E-state index contributed by atoms with van der Waals surface area (Å²) in [4.78, 5) is 16.6. The van der Waals surface area contributed by atoms with E-state index < -0.39 is 0 Å². The largest absolute Gasteiger partial charge is 0.389 e. The average molecular weight is 280 g/mol. The van der Waals surface area contributed by atoms with Crippen molar-refractivity contribution in [1.29, 1.82) is 0 Å². The van der Waals surface area contributed by atoms with Gasteiger partial charge in [0.25, 0.3) is 6.01 Å². The fourth-order valence-corrected chi connectivity index (χ4v) is 2.31. The molecule has 0 saturated carbocycles. The monoisotopic (exact) mass is 280 g/mol. The molecule has 0 aliphatic heterocycles. The zero-order chi connectivity index (χ0) is 14.8. The molecular formula is C17H16N2O2. The van der Waals surface area contributed by atoms with Gasteiger partial charge in [-0.3, -0.25) is 0 Å². The Hall–Kier alpha value is -2.62. The summed E-state index contributed by atoms with van der Waals surface area (Å²) in [7, 11) is 0. The Kier molecular flexibility index (Phi) is 3.44. The van der Waals surface area contributed by atoms with Gasteiger partial charge in [0.1, 0.15) is 0 Å². The standard InChI is InChI=1S/C17H16N2O2/c1-11-8-9-12(2)15-14(11)16(20)21-17(19-15)18-10-13-6-4-3-5-7-13/h3-9H,10H2,1-2H3,(H,18,19). The number of aryl methyl sites for hydroxylation is 2. The first-order valence-corrected chi connectivity index (χ1v) is 6.84. The topological polar surface area (TPSA) is 55.1 Å². The van der Waals surface area contributed by atoms with Crippen LogP contribution in [0.25, 0.3) is 10.9 Å². The molecule has 4 nitrogen and oxygen atoms in total. The Labute approximate surface area is 122 Å². The van der Waals surface area contributed by atoms with Gasteiger partial charge in [-0.15, -0.1) is 0 Å². The van der Waals surface area contributed by atoms with Crippen molar-refractivity contribution in [2.24, 2.45) is 0 Å². The maximum Gasteiger partial charge on any atom is 0.348 e. The van der Waals surface area contributed by atoms with Gasteiger partial charge in [0, 0.05) is 6.54 Å². The summed E-state index contributed by atoms with van der Waals surface area (Å²) < 4.78 is 5.27. The highest BCUT2D eigenvalue weighted by Crippen LogP contribution is 2.19. The second-order valence-corrected chi connectivity index (χ2v) is 5.07. The number of fused-ring (bicyclic) bond motifs is 1. The predicted molar refractivity (Wildman–Crippen MR) is 83.5 cm³/mol. The summed E-state index contributed by atoms with van der Waals surface area (Å²) in [5.74, 6) is 0. The van der Waals surface area contributed by atoms with E-state index in [4.69, 9.17) is 4.42 Å². The molecule has 0 amide bonds. The molecule has 0 aliphatic rings. The lowest BCUT2D eigenvalue weighted by atomic mass is 10.1. The first kappa shape index (κ1) is 13.4. The van der Waals surface area contributed by atoms with Crippen molar-refractivity contribution < 1.29 is 4.42 Å². The van der Waals surface area contributed by atoms with E-state index in [1.807, 2.05) is 56.3 Å². The van der Waals surface area contributed by atoms with Crippen LogP contribution in [0.3, 0.4) is 0 Å². The van der Waals surface area contributed by atoms with Crippen molar-refractivity contribution >= 4 is 16.9 Å². The predicted octanol–water partition coefficient (Wildman–Crippen LogP) is 3.42. The fraction of sp³-hybridized carbons (Fsp3) is 0.176. The minimum absolute atomic E-state index is 0.255. The Bertz CT molecular complexity index is 839. The molecule has 21 heavy (non-hydrogen) atoms. The molecular weight excluding hydrogens is 264 g/mol. The smallest absolute Gasteiger partial charge is 0.348 e. The van der Waals surface area contributed by atoms with Crippen LogP contribution in [0.1, 0.15) is 16.7 Å². The van der Waals surface area contributed by atoms with Crippen molar-refractivity contribution in [1.82, 2.24) is 4.98 Å². The molecule has 1 aromatic heterocycles. The molecule has 0 bridgehead atoms. The van der Waals surface area contributed by atoms with Gasteiger partial charge in [-0.2, -0.15) is 4.98 Å². The summed E-state index contributed by atoms with van der Waals surface area (Å²) in [6.07, 6.45) is 0. The summed E-state index contributed by atoms with van der Waals surface area (Å²) in [5.41, 5.74) is 3.29. The number of anilines is 1. The molecule has 0 fully saturated rings. The molecule has 106 valence electrons. The van der Waals surface area contributed by atoms with E-state index in [0.29, 0.717) is 17.4 Å². The molecule has 1 N–H and O–H groups in total. The summed E-state index contributed by atoms with van der Waals surface area (Å²) >= 11 is 0. The number of hydrogen-bond acceptors (Lipinski definition) is 4. The lowest BCUT2D eigenvalue weighted by Gasteiger charge is -2.07. The third kappa shape index (κ3) is 2.65. The Morgan fingerprint density at radius 3 is 2.52 bits per heavy atom.